The molecule has 0 radical (unpaired) electrons. The lowest BCUT2D eigenvalue weighted by atomic mass is 10.2. The number of sulfonamides is 1. The lowest BCUT2D eigenvalue weighted by molar-refractivity contribution is 0.180. The van der Waals surface area contributed by atoms with Crippen molar-refractivity contribution in [1.82, 2.24) is 14.2 Å². The summed E-state index contributed by atoms with van der Waals surface area (Å²) < 4.78 is 27.5. The third-order valence-electron chi connectivity index (χ3n) is 4.34. The molecule has 2 aromatic rings. The Balaban J connectivity index is 1.68. The molecule has 130 valence electrons. The topological polar surface area (TPSA) is 53.5 Å². The fraction of sp³-hybridized carbons (Fsp3) is 0.471. The van der Waals surface area contributed by atoms with Crippen molar-refractivity contribution < 1.29 is 8.42 Å². The molecule has 0 spiro atoms. The number of thiazole rings is 1. The van der Waals surface area contributed by atoms with Gasteiger partial charge in [-0.05, 0) is 38.0 Å². The summed E-state index contributed by atoms with van der Waals surface area (Å²) in [5, 5.41) is 3.15. The van der Waals surface area contributed by atoms with Gasteiger partial charge in [0, 0.05) is 38.1 Å². The molecule has 1 fully saturated rings. The molecule has 5 nitrogen and oxygen atoms in total. The Hall–Kier alpha value is -1.28. The zero-order valence-corrected chi connectivity index (χ0v) is 16.0. The molecule has 7 heteroatoms. The molecule has 1 aliphatic rings. The van der Waals surface area contributed by atoms with Crippen molar-refractivity contribution in [2.45, 2.75) is 32.2 Å². The molecule has 0 atom stereocenters. The molecule has 3 rings (SSSR count). The quantitative estimate of drug-likeness (QED) is 0.836. The molecule has 0 unspecified atom stereocenters. The minimum Gasteiger partial charge on any atom is -0.295 e. The van der Waals surface area contributed by atoms with E-state index in [9.17, 15) is 8.42 Å². The second kappa shape index (κ2) is 6.92. The summed E-state index contributed by atoms with van der Waals surface area (Å²) >= 11 is 1.65. The van der Waals surface area contributed by atoms with E-state index in [1.807, 2.05) is 32.9 Å². The molecular formula is C17H23N3O2S2. The molecule has 2 heterocycles. The Morgan fingerprint density at radius 3 is 2.46 bits per heavy atom. The maximum absolute atomic E-state index is 12.9. The van der Waals surface area contributed by atoms with Gasteiger partial charge in [-0.2, -0.15) is 4.31 Å². The maximum Gasteiger partial charge on any atom is 0.243 e. The van der Waals surface area contributed by atoms with Gasteiger partial charge in [-0.3, -0.25) is 4.90 Å². The highest BCUT2D eigenvalue weighted by molar-refractivity contribution is 7.89. The van der Waals surface area contributed by atoms with Crippen molar-refractivity contribution >= 4 is 21.4 Å². The number of nitrogens with zero attached hydrogens (tertiary/aromatic N) is 3. The number of aromatic nitrogens is 1. The van der Waals surface area contributed by atoms with Crippen molar-refractivity contribution in [3.8, 4) is 0 Å². The second-order valence-electron chi connectivity index (χ2n) is 6.31. The van der Waals surface area contributed by atoms with Gasteiger partial charge in [-0.15, -0.1) is 11.3 Å². The van der Waals surface area contributed by atoms with Crippen LogP contribution >= 0.6 is 11.3 Å². The van der Waals surface area contributed by atoms with Gasteiger partial charge in [0.05, 0.1) is 15.6 Å². The molecule has 1 aromatic carbocycles. The number of aryl methyl sites for hydroxylation is 3. The molecule has 1 aromatic heterocycles. The van der Waals surface area contributed by atoms with Crippen molar-refractivity contribution in [1.29, 1.82) is 0 Å². The Labute approximate surface area is 148 Å². The zero-order chi connectivity index (χ0) is 17.3. The number of piperazine rings is 1. The number of hydrogen-bond acceptors (Lipinski definition) is 5. The predicted molar refractivity (Wildman–Crippen MR) is 96.8 cm³/mol. The molecule has 1 saturated heterocycles. The van der Waals surface area contributed by atoms with E-state index >= 15 is 0 Å². The van der Waals surface area contributed by atoms with Crippen LogP contribution in [0.15, 0.2) is 28.5 Å². The highest BCUT2D eigenvalue weighted by atomic mass is 32.2. The standard InChI is InChI=1S/C17H23N3O2S2/c1-13-4-5-14(2)17(10-13)24(21,22)20-8-6-19(7-9-20)11-16-12-23-15(3)18-16/h4-5,10,12H,6-9,11H2,1-3H3. The Morgan fingerprint density at radius 2 is 1.83 bits per heavy atom. The van der Waals surface area contributed by atoms with Crippen LogP contribution in [0.5, 0.6) is 0 Å². The Bertz CT molecular complexity index is 822. The smallest absolute Gasteiger partial charge is 0.243 e. The van der Waals surface area contributed by atoms with E-state index in [1.165, 1.54) is 0 Å². The highest BCUT2D eigenvalue weighted by Gasteiger charge is 2.29. The first-order valence-electron chi connectivity index (χ1n) is 8.07. The fourth-order valence-electron chi connectivity index (χ4n) is 2.96. The summed E-state index contributed by atoms with van der Waals surface area (Å²) in [6.45, 7) is 9.10. The van der Waals surface area contributed by atoms with Gasteiger partial charge in [0.2, 0.25) is 10.0 Å². The Kier molecular flexibility index (Phi) is 5.05. The summed E-state index contributed by atoms with van der Waals surface area (Å²) in [5.41, 5.74) is 2.85. The summed E-state index contributed by atoms with van der Waals surface area (Å²) in [5.74, 6) is 0. The first-order chi connectivity index (χ1) is 11.4. The second-order valence-corrected chi connectivity index (χ2v) is 9.28. The van der Waals surface area contributed by atoms with Gasteiger partial charge >= 0.3 is 0 Å². The third kappa shape index (κ3) is 3.69. The van der Waals surface area contributed by atoms with Crippen LogP contribution in [0, 0.1) is 20.8 Å². The average molecular weight is 366 g/mol. The summed E-state index contributed by atoms with van der Waals surface area (Å²) in [6.07, 6.45) is 0. The van der Waals surface area contributed by atoms with Crippen LogP contribution in [0.4, 0.5) is 0 Å². The number of rotatable bonds is 4. The number of benzene rings is 1. The van der Waals surface area contributed by atoms with E-state index < -0.39 is 10.0 Å². The van der Waals surface area contributed by atoms with Crippen LogP contribution in [-0.4, -0.2) is 48.8 Å². The van der Waals surface area contributed by atoms with Crippen molar-refractivity contribution in [3.05, 3.63) is 45.4 Å². The summed E-state index contributed by atoms with van der Waals surface area (Å²) in [4.78, 5) is 7.19. The SMILES string of the molecule is Cc1ccc(C)c(S(=O)(=O)N2CCN(Cc3csc(C)n3)CC2)c1. The van der Waals surface area contributed by atoms with Crippen LogP contribution in [-0.2, 0) is 16.6 Å². The molecule has 0 saturated carbocycles. The van der Waals surface area contributed by atoms with Crippen molar-refractivity contribution in [2.24, 2.45) is 0 Å². The van der Waals surface area contributed by atoms with E-state index in [0.717, 1.165) is 41.5 Å². The van der Waals surface area contributed by atoms with Crippen molar-refractivity contribution in [2.75, 3.05) is 26.2 Å². The number of hydrogen-bond donors (Lipinski definition) is 0. The van der Waals surface area contributed by atoms with Crippen molar-refractivity contribution in [3.63, 3.8) is 0 Å². The molecule has 0 amide bonds. The largest absolute Gasteiger partial charge is 0.295 e. The molecular weight excluding hydrogens is 342 g/mol. The first-order valence-corrected chi connectivity index (χ1v) is 10.4. The van der Waals surface area contributed by atoms with E-state index in [0.29, 0.717) is 18.0 Å². The van der Waals surface area contributed by atoms with E-state index in [4.69, 9.17) is 0 Å². The van der Waals surface area contributed by atoms with Gasteiger partial charge in [0.1, 0.15) is 0 Å². The molecule has 0 bridgehead atoms. The zero-order valence-electron chi connectivity index (χ0n) is 14.3. The van der Waals surface area contributed by atoms with Crippen LogP contribution in [0.1, 0.15) is 21.8 Å². The van der Waals surface area contributed by atoms with Crippen LogP contribution < -0.4 is 0 Å². The molecule has 0 aliphatic carbocycles. The van der Waals surface area contributed by atoms with Gasteiger partial charge in [0.25, 0.3) is 0 Å². The van der Waals surface area contributed by atoms with E-state index in [1.54, 1.807) is 21.7 Å². The van der Waals surface area contributed by atoms with Crippen LogP contribution in [0.2, 0.25) is 0 Å². The minimum absolute atomic E-state index is 0.436. The lowest BCUT2D eigenvalue weighted by Gasteiger charge is -2.33. The van der Waals surface area contributed by atoms with Gasteiger partial charge < -0.3 is 0 Å². The Morgan fingerprint density at radius 1 is 1.12 bits per heavy atom. The monoisotopic (exact) mass is 365 g/mol. The summed E-state index contributed by atoms with van der Waals surface area (Å²) in [7, 11) is -3.41. The van der Waals surface area contributed by atoms with Gasteiger partial charge in [-0.1, -0.05) is 12.1 Å². The average Bonchev–Trinajstić information content (AvgIpc) is 2.95. The van der Waals surface area contributed by atoms with Crippen LogP contribution in [0.25, 0.3) is 0 Å². The van der Waals surface area contributed by atoms with E-state index in [-0.39, 0.29) is 0 Å². The minimum atomic E-state index is -3.41. The molecule has 24 heavy (non-hydrogen) atoms. The normalized spacial score (nSPS) is 17.3. The molecule has 0 N–H and O–H groups in total. The van der Waals surface area contributed by atoms with Crippen LogP contribution in [0.3, 0.4) is 0 Å². The lowest BCUT2D eigenvalue weighted by Crippen LogP contribution is -2.48. The first kappa shape index (κ1) is 17.5. The van der Waals surface area contributed by atoms with Gasteiger partial charge in [0.15, 0.2) is 0 Å². The third-order valence-corrected chi connectivity index (χ3v) is 7.21. The fourth-order valence-corrected chi connectivity index (χ4v) is 5.30. The maximum atomic E-state index is 12.9. The predicted octanol–water partition coefficient (Wildman–Crippen LogP) is 2.57. The summed E-state index contributed by atoms with van der Waals surface area (Å²) in [6, 6.07) is 5.60. The molecule has 1 aliphatic heterocycles. The van der Waals surface area contributed by atoms with Gasteiger partial charge in [-0.25, -0.2) is 13.4 Å². The highest BCUT2D eigenvalue weighted by Crippen LogP contribution is 2.23. The van der Waals surface area contributed by atoms with E-state index in [2.05, 4.69) is 15.3 Å².